The van der Waals surface area contributed by atoms with Crippen LogP contribution in [0.1, 0.15) is 44.4 Å². The van der Waals surface area contributed by atoms with E-state index in [1.807, 2.05) is 16.8 Å². The lowest BCUT2D eigenvalue weighted by Crippen LogP contribution is -2.06. The lowest BCUT2D eigenvalue weighted by atomic mass is 10.0. The first-order valence-corrected chi connectivity index (χ1v) is 6.57. The maximum Gasteiger partial charge on any atom is 0.127 e. The van der Waals surface area contributed by atoms with E-state index in [2.05, 4.69) is 44.1 Å². The second kappa shape index (κ2) is 5.25. The third kappa shape index (κ3) is 2.40. The molecule has 0 bridgehead atoms. The van der Waals surface area contributed by atoms with E-state index in [1.165, 1.54) is 5.56 Å². The van der Waals surface area contributed by atoms with Gasteiger partial charge in [0.2, 0.25) is 0 Å². The van der Waals surface area contributed by atoms with Gasteiger partial charge < -0.3 is 5.73 Å². The molecule has 0 aliphatic heterocycles. The number of anilines is 1. The van der Waals surface area contributed by atoms with Gasteiger partial charge in [-0.1, -0.05) is 45.4 Å². The molecule has 2 aromatic rings. The number of rotatable bonds is 4. The molecule has 0 saturated carbocycles. The molecule has 18 heavy (non-hydrogen) atoms. The van der Waals surface area contributed by atoms with Gasteiger partial charge in [0.15, 0.2) is 0 Å². The van der Waals surface area contributed by atoms with Crippen LogP contribution in [-0.4, -0.2) is 9.78 Å². The number of hydrogen-bond acceptors (Lipinski definition) is 2. The van der Waals surface area contributed by atoms with Gasteiger partial charge in [0.05, 0.1) is 11.4 Å². The molecule has 0 aliphatic rings. The zero-order valence-electron chi connectivity index (χ0n) is 11.4. The normalized spacial score (nSPS) is 11.1. The second-order valence-electron chi connectivity index (χ2n) is 4.94. The maximum absolute atomic E-state index is 6.07. The first kappa shape index (κ1) is 12.7. The molecule has 0 fully saturated rings. The van der Waals surface area contributed by atoms with Crippen molar-refractivity contribution in [3.63, 3.8) is 0 Å². The second-order valence-corrected chi connectivity index (χ2v) is 4.94. The molecule has 2 rings (SSSR count). The molecule has 0 atom stereocenters. The number of benzene rings is 1. The Hall–Kier alpha value is -1.77. The van der Waals surface area contributed by atoms with Gasteiger partial charge in [-0.15, -0.1) is 0 Å². The highest BCUT2D eigenvalue weighted by Gasteiger charge is 2.12. The SMILES string of the molecule is CCCc1cc(N)n(-c2ccccc2C(C)C)n1. The minimum atomic E-state index is 0.458. The molecule has 0 saturated heterocycles. The number of nitrogen functional groups attached to an aromatic ring is 1. The zero-order chi connectivity index (χ0) is 13.1. The number of para-hydroxylation sites is 1. The molecular formula is C15H21N3. The molecule has 1 heterocycles. The predicted octanol–water partition coefficient (Wildman–Crippen LogP) is 3.53. The molecule has 0 aliphatic carbocycles. The van der Waals surface area contributed by atoms with Crippen LogP contribution < -0.4 is 5.73 Å². The van der Waals surface area contributed by atoms with Crippen molar-refractivity contribution in [3.8, 4) is 5.69 Å². The van der Waals surface area contributed by atoms with Gasteiger partial charge in [0.1, 0.15) is 5.82 Å². The summed E-state index contributed by atoms with van der Waals surface area (Å²) in [4.78, 5) is 0. The Morgan fingerprint density at radius 3 is 2.67 bits per heavy atom. The Bertz CT molecular complexity index is 526. The molecule has 3 nitrogen and oxygen atoms in total. The summed E-state index contributed by atoms with van der Waals surface area (Å²) in [5.74, 6) is 1.17. The number of nitrogens with two attached hydrogens (primary N) is 1. The van der Waals surface area contributed by atoms with Crippen molar-refractivity contribution < 1.29 is 0 Å². The molecule has 1 aromatic heterocycles. The highest BCUT2D eigenvalue weighted by molar-refractivity contribution is 5.48. The Kier molecular flexibility index (Phi) is 3.70. The van der Waals surface area contributed by atoms with Crippen molar-refractivity contribution >= 4 is 5.82 Å². The fourth-order valence-electron chi connectivity index (χ4n) is 2.19. The minimum absolute atomic E-state index is 0.458. The van der Waals surface area contributed by atoms with Gasteiger partial charge in [-0.3, -0.25) is 0 Å². The third-order valence-corrected chi connectivity index (χ3v) is 3.08. The van der Waals surface area contributed by atoms with Crippen LogP contribution >= 0.6 is 0 Å². The molecule has 2 N–H and O–H groups in total. The average molecular weight is 243 g/mol. The summed E-state index contributed by atoms with van der Waals surface area (Å²) in [6.07, 6.45) is 2.06. The number of hydrogen-bond donors (Lipinski definition) is 1. The maximum atomic E-state index is 6.07. The average Bonchev–Trinajstić information content (AvgIpc) is 2.70. The number of aromatic nitrogens is 2. The topological polar surface area (TPSA) is 43.8 Å². The molecule has 0 radical (unpaired) electrons. The highest BCUT2D eigenvalue weighted by atomic mass is 15.3. The first-order valence-electron chi connectivity index (χ1n) is 6.57. The Balaban J connectivity index is 2.48. The third-order valence-electron chi connectivity index (χ3n) is 3.08. The molecule has 96 valence electrons. The van der Waals surface area contributed by atoms with Crippen LogP contribution in [0.25, 0.3) is 5.69 Å². The summed E-state index contributed by atoms with van der Waals surface area (Å²) < 4.78 is 1.86. The molecule has 1 aromatic carbocycles. The summed E-state index contributed by atoms with van der Waals surface area (Å²) in [6, 6.07) is 10.3. The lowest BCUT2D eigenvalue weighted by molar-refractivity contribution is 0.783. The number of aryl methyl sites for hydroxylation is 1. The van der Waals surface area contributed by atoms with Gasteiger partial charge in [-0.25, -0.2) is 4.68 Å². The minimum Gasteiger partial charge on any atom is -0.384 e. The molecule has 0 unspecified atom stereocenters. The Labute approximate surface area is 109 Å². The van der Waals surface area contributed by atoms with Crippen molar-refractivity contribution in [1.82, 2.24) is 9.78 Å². The van der Waals surface area contributed by atoms with Crippen molar-refractivity contribution in [2.24, 2.45) is 0 Å². The van der Waals surface area contributed by atoms with E-state index in [9.17, 15) is 0 Å². The Morgan fingerprint density at radius 1 is 1.28 bits per heavy atom. The van der Waals surface area contributed by atoms with Crippen LogP contribution in [0.5, 0.6) is 0 Å². The smallest absolute Gasteiger partial charge is 0.127 e. The van der Waals surface area contributed by atoms with Gasteiger partial charge in [-0.05, 0) is 24.0 Å². The van der Waals surface area contributed by atoms with E-state index in [4.69, 9.17) is 5.73 Å². The quantitative estimate of drug-likeness (QED) is 0.892. The standard InChI is InChI=1S/C15H21N3/c1-4-7-12-10-15(16)18(17-12)14-9-6-5-8-13(14)11(2)3/h5-6,8-11H,4,7,16H2,1-3H3. The molecular weight excluding hydrogens is 222 g/mol. The van der Waals surface area contributed by atoms with E-state index in [-0.39, 0.29) is 0 Å². The predicted molar refractivity (Wildman–Crippen MR) is 76.1 cm³/mol. The van der Waals surface area contributed by atoms with Crippen LogP contribution in [0.2, 0.25) is 0 Å². The van der Waals surface area contributed by atoms with E-state index < -0.39 is 0 Å². The zero-order valence-corrected chi connectivity index (χ0v) is 11.4. The summed E-state index contributed by atoms with van der Waals surface area (Å²) in [5, 5.41) is 4.60. The lowest BCUT2D eigenvalue weighted by Gasteiger charge is -2.13. The summed E-state index contributed by atoms with van der Waals surface area (Å²) in [7, 11) is 0. The summed E-state index contributed by atoms with van der Waals surface area (Å²) in [5.41, 5.74) is 9.50. The van der Waals surface area contributed by atoms with Crippen molar-refractivity contribution in [2.45, 2.75) is 39.5 Å². The van der Waals surface area contributed by atoms with Gasteiger partial charge in [0.25, 0.3) is 0 Å². The van der Waals surface area contributed by atoms with E-state index in [0.717, 1.165) is 24.2 Å². The van der Waals surface area contributed by atoms with Crippen LogP contribution in [0, 0.1) is 0 Å². The van der Waals surface area contributed by atoms with E-state index in [1.54, 1.807) is 0 Å². The first-order chi connectivity index (χ1) is 8.63. The fraction of sp³-hybridized carbons (Fsp3) is 0.400. The molecule has 3 heteroatoms. The van der Waals surface area contributed by atoms with Crippen LogP contribution in [0.4, 0.5) is 5.82 Å². The van der Waals surface area contributed by atoms with E-state index in [0.29, 0.717) is 11.7 Å². The van der Waals surface area contributed by atoms with Crippen LogP contribution in [0.15, 0.2) is 30.3 Å². The van der Waals surface area contributed by atoms with Crippen molar-refractivity contribution in [1.29, 1.82) is 0 Å². The summed E-state index contributed by atoms with van der Waals surface area (Å²) in [6.45, 7) is 6.52. The molecule has 0 spiro atoms. The van der Waals surface area contributed by atoms with Crippen LogP contribution in [0.3, 0.4) is 0 Å². The van der Waals surface area contributed by atoms with Crippen molar-refractivity contribution in [3.05, 3.63) is 41.6 Å². The molecule has 0 amide bonds. The van der Waals surface area contributed by atoms with Crippen LogP contribution in [-0.2, 0) is 6.42 Å². The fourth-order valence-corrected chi connectivity index (χ4v) is 2.19. The van der Waals surface area contributed by atoms with Crippen molar-refractivity contribution in [2.75, 3.05) is 5.73 Å². The number of nitrogens with zero attached hydrogens (tertiary/aromatic N) is 2. The highest BCUT2D eigenvalue weighted by Crippen LogP contribution is 2.24. The monoisotopic (exact) mass is 243 g/mol. The summed E-state index contributed by atoms with van der Waals surface area (Å²) >= 11 is 0. The Morgan fingerprint density at radius 2 is 2.00 bits per heavy atom. The van der Waals surface area contributed by atoms with Gasteiger partial charge in [-0.2, -0.15) is 5.10 Å². The van der Waals surface area contributed by atoms with E-state index >= 15 is 0 Å². The largest absolute Gasteiger partial charge is 0.384 e. The van der Waals surface area contributed by atoms with Gasteiger partial charge >= 0.3 is 0 Å². The van der Waals surface area contributed by atoms with Gasteiger partial charge in [0, 0.05) is 6.07 Å².